The number of ether oxygens (including phenoxy) is 2. The molecule has 1 amide bonds. The Bertz CT molecular complexity index is 803. The van der Waals surface area contributed by atoms with Crippen molar-refractivity contribution in [2.24, 2.45) is 0 Å². The third-order valence-electron chi connectivity index (χ3n) is 5.46. The first-order valence-electron chi connectivity index (χ1n) is 9.34. The van der Waals surface area contributed by atoms with Crippen molar-refractivity contribution in [3.63, 3.8) is 0 Å². The van der Waals surface area contributed by atoms with Gasteiger partial charge in [-0.25, -0.2) is 0 Å². The Kier molecular flexibility index (Phi) is 4.90. The van der Waals surface area contributed by atoms with Crippen LogP contribution < -0.4 is 9.47 Å². The lowest BCUT2D eigenvalue weighted by Crippen LogP contribution is -2.35. The summed E-state index contributed by atoms with van der Waals surface area (Å²) in [6, 6.07) is 6.21. The van der Waals surface area contributed by atoms with Crippen molar-refractivity contribution < 1.29 is 14.3 Å². The maximum absolute atomic E-state index is 13.1. The fourth-order valence-electron chi connectivity index (χ4n) is 3.99. The summed E-state index contributed by atoms with van der Waals surface area (Å²) >= 11 is 1.71. The van der Waals surface area contributed by atoms with Crippen LogP contribution in [0.1, 0.15) is 50.5 Å². The summed E-state index contributed by atoms with van der Waals surface area (Å²) in [6.07, 6.45) is 6.91. The summed E-state index contributed by atoms with van der Waals surface area (Å²) < 4.78 is 10.8. The molecule has 1 aromatic carbocycles. The van der Waals surface area contributed by atoms with Crippen molar-refractivity contribution >= 4 is 17.2 Å². The summed E-state index contributed by atoms with van der Waals surface area (Å²) in [7, 11) is 3.30. The second-order valence-electron chi connectivity index (χ2n) is 7.07. The molecule has 0 saturated heterocycles. The summed E-state index contributed by atoms with van der Waals surface area (Å²) in [5.74, 6) is 1.65. The zero-order chi connectivity index (χ0) is 18.1. The summed E-state index contributed by atoms with van der Waals surface area (Å²) in [5.41, 5.74) is 3.80. The van der Waals surface area contributed by atoms with Crippen LogP contribution in [0.2, 0.25) is 0 Å². The maximum atomic E-state index is 13.1. The van der Waals surface area contributed by atoms with Crippen LogP contribution in [0.5, 0.6) is 11.5 Å². The van der Waals surface area contributed by atoms with Crippen molar-refractivity contribution in [3.8, 4) is 11.5 Å². The van der Waals surface area contributed by atoms with Gasteiger partial charge in [-0.3, -0.25) is 4.79 Å². The molecule has 1 aliphatic heterocycles. The van der Waals surface area contributed by atoms with Gasteiger partial charge < -0.3 is 14.4 Å². The number of fused-ring (bicyclic) bond motifs is 2. The molecule has 0 spiro atoms. The van der Waals surface area contributed by atoms with E-state index in [1.807, 2.05) is 17.0 Å². The van der Waals surface area contributed by atoms with E-state index in [-0.39, 0.29) is 5.91 Å². The summed E-state index contributed by atoms with van der Waals surface area (Å²) in [5, 5.41) is 0. The molecule has 26 heavy (non-hydrogen) atoms. The number of aryl methyl sites for hydroxylation is 2. The fraction of sp³-hybridized carbons (Fsp3) is 0.476. The zero-order valence-electron chi connectivity index (χ0n) is 15.5. The third-order valence-corrected chi connectivity index (χ3v) is 6.69. The van der Waals surface area contributed by atoms with Gasteiger partial charge in [0.25, 0.3) is 5.91 Å². The molecule has 4 nitrogen and oxygen atoms in total. The largest absolute Gasteiger partial charge is 0.493 e. The lowest BCUT2D eigenvalue weighted by molar-refractivity contribution is 0.0739. The molecule has 0 bridgehead atoms. The van der Waals surface area contributed by atoms with Crippen molar-refractivity contribution in [1.29, 1.82) is 0 Å². The zero-order valence-corrected chi connectivity index (χ0v) is 16.3. The molecule has 0 saturated carbocycles. The number of nitrogens with zero attached hydrogens (tertiary/aromatic N) is 1. The highest BCUT2D eigenvalue weighted by atomic mass is 32.1. The van der Waals surface area contributed by atoms with Crippen molar-refractivity contribution in [2.75, 3.05) is 20.8 Å². The molecule has 2 heterocycles. The smallest absolute Gasteiger partial charge is 0.264 e. The SMILES string of the molecule is COc1cc2c(cc1OC)CN(C(=O)c1cc3c(s1)CCCCC3)CC2. The van der Waals surface area contributed by atoms with Crippen LogP contribution in [-0.4, -0.2) is 31.6 Å². The lowest BCUT2D eigenvalue weighted by atomic mass is 9.98. The lowest BCUT2D eigenvalue weighted by Gasteiger charge is -2.29. The molecule has 5 heteroatoms. The van der Waals surface area contributed by atoms with Gasteiger partial charge in [-0.2, -0.15) is 0 Å². The first-order chi connectivity index (χ1) is 12.7. The number of rotatable bonds is 3. The Morgan fingerprint density at radius 3 is 2.42 bits per heavy atom. The number of benzene rings is 1. The highest BCUT2D eigenvalue weighted by Crippen LogP contribution is 2.35. The third kappa shape index (κ3) is 3.20. The van der Waals surface area contributed by atoms with Crippen LogP contribution in [0.15, 0.2) is 18.2 Å². The van der Waals surface area contributed by atoms with Crippen LogP contribution in [0.25, 0.3) is 0 Å². The van der Waals surface area contributed by atoms with E-state index >= 15 is 0 Å². The Labute approximate surface area is 158 Å². The van der Waals surface area contributed by atoms with Crippen molar-refractivity contribution in [3.05, 3.63) is 44.6 Å². The second-order valence-corrected chi connectivity index (χ2v) is 8.21. The highest BCUT2D eigenvalue weighted by molar-refractivity contribution is 7.14. The van der Waals surface area contributed by atoms with Gasteiger partial charge in [-0.05, 0) is 67.0 Å². The van der Waals surface area contributed by atoms with Crippen LogP contribution >= 0.6 is 11.3 Å². The first-order valence-corrected chi connectivity index (χ1v) is 10.2. The van der Waals surface area contributed by atoms with Crippen molar-refractivity contribution in [2.45, 2.75) is 45.1 Å². The number of hydrogen-bond donors (Lipinski definition) is 0. The van der Waals surface area contributed by atoms with Gasteiger partial charge in [-0.1, -0.05) is 6.42 Å². The van der Waals surface area contributed by atoms with E-state index in [2.05, 4.69) is 6.07 Å². The Morgan fingerprint density at radius 2 is 1.65 bits per heavy atom. The van der Waals surface area contributed by atoms with E-state index in [9.17, 15) is 4.79 Å². The van der Waals surface area contributed by atoms with E-state index in [1.165, 1.54) is 35.3 Å². The predicted octanol–water partition coefficient (Wildman–Crippen LogP) is 4.23. The maximum Gasteiger partial charge on any atom is 0.264 e. The molecule has 2 aliphatic rings. The Hall–Kier alpha value is -2.01. The van der Waals surface area contributed by atoms with Gasteiger partial charge in [-0.15, -0.1) is 11.3 Å². The van der Waals surface area contributed by atoms with Gasteiger partial charge in [0.15, 0.2) is 11.5 Å². The number of thiophene rings is 1. The molecule has 1 aliphatic carbocycles. The minimum Gasteiger partial charge on any atom is -0.493 e. The minimum absolute atomic E-state index is 0.170. The van der Waals surface area contributed by atoms with Crippen LogP contribution in [0.3, 0.4) is 0 Å². The molecule has 4 rings (SSSR count). The average Bonchev–Trinajstić information content (AvgIpc) is 2.96. The molecule has 0 fully saturated rings. The van der Waals surface area contributed by atoms with Crippen LogP contribution in [0, 0.1) is 0 Å². The molecule has 0 N–H and O–H groups in total. The molecule has 0 unspecified atom stereocenters. The molecule has 2 aromatic rings. The van der Waals surface area contributed by atoms with Gasteiger partial charge in [0.1, 0.15) is 0 Å². The van der Waals surface area contributed by atoms with Crippen LogP contribution in [0.4, 0.5) is 0 Å². The number of hydrogen-bond acceptors (Lipinski definition) is 4. The molecular weight excluding hydrogens is 346 g/mol. The fourth-order valence-corrected chi connectivity index (χ4v) is 5.21. The summed E-state index contributed by atoms with van der Waals surface area (Å²) in [4.78, 5) is 17.4. The van der Waals surface area contributed by atoms with Gasteiger partial charge in [0.05, 0.1) is 19.1 Å². The monoisotopic (exact) mass is 371 g/mol. The van der Waals surface area contributed by atoms with E-state index < -0.39 is 0 Å². The molecular formula is C21H25NO3S. The Morgan fingerprint density at radius 1 is 0.923 bits per heavy atom. The number of methoxy groups -OCH3 is 2. The van der Waals surface area contributed by atoms with E-state index in [4.69, 9.17) is 9.47 Å². The highest BCUT2D eigenvalue weighted by Gasteiger charge is 2.26. The predicted molar refractivity (Wildman–Crippen MR) is 104 cm³/mol. The second kappa shape index (κ2) is 7.31. The van der Waals surface area contributed by atoms with E-state index in [1.54, 1.807) is 25.6 Å². The van der Waals surface area contributed by atoms with Gasteiger partial charge in [0.2, 0.25) is 0 Å². The van der Waals surface area contributed by atoms with Gasteiger partial charge >= 0.3 is 0 Å². The van der Waals surface area contributed by atoms with Crippen LogP contribution in [-0.2, 0) is 25.8 Å². The normalized spacial score (nSPS) is 16.5. The summed E-state index contributed by atoms with van der Waals surface area (Å²) in [6.45, 7) is 1.39. The van der Waals surface area contributed by atoms with E-state index in [0.717, 1.165) is 47.7 Å². The number of carbonyl (C=O) groups is 1. The first kappa shape index (κ1) is 17.4. The quantitative estimate of drug-likeness (QED) is 0.758. The molecule has 138 valence electrons. The number of carbonyl (C=O) groups excluding carboxylic acids is 1. The standard InChI is InChI=1S/C21H25NO3S/c1-24-17-10-14-8-9-22(13-16(14)11-18(17)25-2)21(23)20-12-15-6-4-3-5-7-19(15)26-20/h10-12H,3-9,13H2,1-2H3. The van der Waals surface area contributed by atoms with E-state index in [0.29, 0.717) is 6.54 Å². The van der Waals surface area contributed by atoms with Gasteiger partial charge in [0, 0.05) is 18.0 Å². The molecule has 1 aromatic heterocycles. The Balaban J connectivity index is 1.56. The average molecular weight is 372 g/mol. The topological polar surface area (TPSA) is 38.8 Å². The number of amides is 1. The molecule has 0 radical (unpaired) electrons. The van der Waals surface area contributed by atoms with Crippen molar-refractivity contribution in [1.82, 2.24) is 4.90 Å². The molecule has 0 atom stereocenters. The minimum atomic E-state index is 0.170.